The molecule has 0 saturated heterocycles. The lowest BCUT2D eigenvalue weighted by atomic mass is 9.84. The van der Waals surface area contributed by atoms with E-state index < -0.39 is 12.1 Å². The van der Waals surface area contributed by atoms with Crippen molar-refractivity contribution in [1.29, 1.82) is 0 Å². The van der Waals surface area contributed by atoms with Gasteiger partial charge in [-0.15, -0.1) is 5.10 Å². The van der Waals surface area contributed by atoms with Crippen LogP contribution < -0.4 is 16.0 Å². The third kappa shape index (κ3) is 6.42. The summed E-state index contributed by atoms with van der Waals surface area (Å²) in [6.45, 7) is 0.435. The topological polar surface area (TPSA) is 98.9 Å². The summed E-state index contributed by atoms with van der Waals surface area (Å²) in [6, 6.07) is 8.69. The van der Waals surface area contributed by atoms with Crippen LogP contribution in [0.2, 0.25) is 0 Å². The van der Waals surface area contributed by atoms with Gasteiger partial charge in [-0.3, -0.25) is 15.2 Å². The average Bonchev–Trinajstić information content (AvgIpc) is 3.11. The molecule has 1 fully saturated rings. The lowest BCUT2D eigenvalue weighted by molar-refractivity contribution is -0.123. The van der Waals surface area contributed by atoms with Gasteiger partial charge < -0.3 is 10.6 Å². The minimum absolute atomic E-state index is 0.167. The van der Waals surface area contributed by atoms with Crippen LogP contribution in [0, 0.1) is 9.87 Å². The summed E-state index contributed by atoms with van der Waals surface area (Å²) in [4.78, 5) is 25.2. The predicted molar refractivity (Wildman–Crippen MR) is 113 cm³/mol. The number of urea groups is 1. The molecule has 4 N–H and O–H groups in total. The zero-order valence-corrected chi connectivity index (χ0v) is 17.2. The lowest BCUT2D eigenvalue weighted by Gasteiger charge is -2.26. The molecule has 28 heavy (non-hydrogen) atoms. The van der Waals surface area contributed by atoms with Crippen LogP contribution in [-0.2, 0) is 11.3 Å². The Morgan fingerprint density at radius 3 is 2.64 bits per heavy atom. The number of benzene rings is 1. The van der Waals surface area contributed by atoms with E-state index in [2.05, 4.69) is 26.1 Å². The summed E-state index contributed by atoms with van der Waals surface area (Å²) in [5, 5.41) is 15.3. The van der Waals surface area contributed by atoms with Crippen molar-refractivity contribution in [3.05, 3.63) is 39.8 Å². The van der Waals surface area contributed by atoms with Crippen LogP contribution in [0.5, 0.6) is 0 Å². The van der Waals surface area contributed by atoms with Crippen molar-refractivity contribution >= 4 is 40.6 Å². The van der Waals surface area contributed by atoms with Crippen LogP contribution in [0.25, 0.3) is 0 Å². The van der Waals surface area contributed by atoms with Crippen molar-refractivity contribution in [2.75, 3.05) is 5.32 Å². The van der Waals surface area contributed by atoms with Gasteiger partial charge in [0.05, 0.1) is 0 Å². The number of nitrogens with zero attached hydrogens (tertiary/aromatic N) is 1. The van der Waals surface area contributed by atoms with E-state index in [4.69, 9.17) is 12.2 Å². The van der Waals surface area contributed by atoms with Gasteiger partial charge in [0.2, 0.25) is 11.0 Å². The highest BCUT2D eigenvalue weighted by Gasteiger charge is 2.26. The van der Waals surface area contributed by atoms with Gasteiger partial charge in [0.1, 0.15) is 6.04 Å². The maximum atomic E-state index is 12.8. The van der Waals surface area contributed by atoms with Crippen molar-refractivity contribution in [3.63, 3.8) is 0 Å². The molecular weight excluding hydrogens is 394 g/mol. The second-order valence-electron chi connectivity index (χ2n) is 7.01. The number of carbonyl (C=O) groups excluding carboxylic acids is 2. The smallest absolute Gasteiger partial charge is 0.321 e. The summed E-state index contributed by atoms with van der Waals surface area (Å²) in [6.07, 6.45) is 6.47. The molecule has 7 nitrogen and oxygen atoms in total. The number of amides is 3. The van der Waals surface area contributed by atoms with E-state index in [1.807, 2.05) is 30.3 Å². The molecule has 1 heterocycles. The van der Waals surface area contributed by atoms with Crippen molar-refractivity contribution in [2.24, 2.45) is 5.92 Å². The highest BCUT2D eigenvalue weighted by atomic mass is 32.1. The number of H-pyrrole nitrogens is 1. The van der Waals surface area contributed by atoms with E-state index >= 15 is 0 Å². The van der Waals surface area contributed by atoms with Gasteiger partial charge in [-0.05, 0) is 30.1 Å². The lowest BCUT2D eigenvalue weighted by Crippen LogP contribution is -2.49. The zero-order chi connectivity index (χ0) is 19.8. The Bertz CT molecular complexity index is 830. The summed E-state index contributed by atoms with van der Waals surface area (Å²) >= 11 is 6.14. The normalized spacial score (nSPS) is 15.6. The van der Waals surface area contributed by atoms with Crippen molar-refractivity contribution in [2.45, 2.75) is 51.1 Å². The Hall–Kier alpha value is -2.26. The molecule has 2 aromatic rings. The summed E-state index contributed by atoms with van der Waals surface area (Å²) in [7, 11) is 0. The average molecular weight is 420 g/mol. The molecule has 0 bridgehead atoms. The number of carbonyl (C=O) groups is 2. The van der Waals surface area contributed by atoms with Crippen molar-refractivity contribution in [1.82, 2.24) is 20.8 Å². The maximum Gasteiger partial charge on any atom is 0.321 e. The van der Waals surface area contributed by atoms with Crippen LogP contribution in [0.3, 0.4) is 0 Å². The SMILES string of the molecule is O=C(Nc1n[nH]c(=S)s1)N[C@@H](CC1CCCCC1)C(=O)NCc1ccccc1. The van der Waals surface area contributed by atoms with E-state index in [0.29, 0.717) is 28.0 Å². The van der Waals surface area contributed by atoms with Crippen LogP contribution in [0.1, 0.15) is 44.1 Å². The summed E-state index contributed by atoms with van der Waals surface area (Å²) in [5.74, 6) is 0.285. The molecule has 0 spiro atoms. The van der Waals surface area contributed by atoms with Crippen LogP contribution >= 0.6 is 23.6 Å². The fourth-order valence-electron chi connectivity index (χ4n) is 3.47. The van der Waals surface area contributed by atoms with Crippen LogP contribution in [0.15, 0.2) is 30.3 Å². The number of hydrogen-bond donors (Lipinski definition) is 4. The predicted octanol–water partition coefficient (Wildman–Crippen LogP) is 3.98. The molecular formula is C19H25N5O2S2. The molecule has 1 aliphatic carbocycles. The minimum atomic E-state index is -0.585. The van der Waals surface area contributed by atoms with E-state index in [1.54, 1.807) is 0 Å². The monoisotopic (exact) mass is 419 g/mol. The van der Waals surface area contributed by atoms with E-state index in [1.165, 1.54) is 30.6 Å². The Labute approximate surface area is 173 Å². The Morgan fingerprint density at radius 1 is 1.21 bits per heavy atom. The highest BCUT2D eigenvalue weighted by molar-refractivity contribution is 7.73. The van der Waals surface area contributed by atoms with Gasteiger partial charge >= 0.3 is 6.03 Å². The first kappa shape index (κ1) is 20.5. The largest absolute Gasteiger partial charge is 0.350 e. The minimum Gasteiger partial charge on any atom is -0.350 e. The van der Waals surface area contributed by atoms with Crippen molar-refractivity contribution < 1.29 is 9.59 Å². The van der Waals surface area contributed by atoms with E-state index in [0.717, 1.165) is 18.4 Å². The Morgan fingerprint density at radius 2 is 1.96 bits per heavy atom. The molecule has 1 aromatic heterocycles. The first-order valence-corrected chi connectivity index (χ1v) is 10.8. The number of anilines is 1. The van der Waals surface area contributed by atoms with Gasteiger partial charge in [0, 0.05) is 6.54 Å². The standard InChI is InChI=1S/C19H25N5O2S2/c25-16(20-12-14-9-5-2-6-10-14)15(11-13-7-3-1-4-8-13)21-17(26)22-18-23-24-19(27)28-18/h2,5-6,9-10,13,15H,1,3-4,7-8,11-12H2,(H,20,25)(H,24,27)(H2,21,22,23,26)/t15-/m0/s1. The molecule has 9 heteroatoms. The van der Waals surface area contributed by atoms with Gasteiger partial charge in [0.25, 0.3) is 0 Å². The fraction of sp³-hybridized carbons (Fsp3) is 0.474. The van der Waals surface area contributed by atoms with Crippen LogP contribution in [-0.4, -0.2) is 28.2 Å². The number of aromatic amines is 1. The molecule has 0 aliphatic heterocycles. The third-order valence-corrected chi connectivity index (χ3v) is 5.89. The summed E-state index contributed by atoms with van der Waals surface area (Å²) < 4.78 is 0.481. The second kappa shape index (κ2) is 10.3. The van der Waals surface area contributed by atoms with Crippen LogP contribution in [0.4, 0.5) is 9.93 Å². The molecule has 0 radical (unpaired) electrons. The number of hydrogen-bond acceptors (Lipinski definition) is 5. The molecule has 1 saturated carbocycles. The van der Waals surface area contributed by atoms with E-state index in [9.17, 15) is 9.59 Å². The van der Waals surface area contributed by atoms with Crippen molar-refractivity contribution in [3.8, 4) is 0 Å². The molecule has 1 aliphatic rings. The highest BCUT2D eigenvalue weighted by Crippen LogP contribution is 2.27. The number of rotatable bonds is 7. The molecule has 1 aromatic carbocycles. The first-order valence-electron chi connectivity index (χ1n) is 9.55. The van der Waals surface area contributed by atoms with Gasteiger partial charge in [0.15, 0.2) is 3.95 Å². The first-order chi connectivity index (χ1) is 13.6. The Balaban J connectivity index is 1.60. The zero-order valence-electron chi connectivity index (χ0n) is 15.6. The number of nitrogens with one attached hydrogen (secondary N) is 4. The molecule has 3 amide bonds. The molecule has 3 rings (SSSR count). The molecule has 0 unspecified atom stereocenters. The maximum absolute atomic E-state index is 12.8. The van der Waals surface area contributed by atoms with Gasteiger partial charge in [-0.2, -0.15) is 0 Å². The van der Waals surface area contributed by atoms with Gasteiger partial charge in [-0.1, -0.05) is 73.8 Å². The third-order valence-electron chi connectivity index (χ3n) is 4.88. The van der Waals surface area contributed by atoms with Gasteiger partial charge in [-0.25, -0.2) is 4.79 Å². The Kier molecular flexibility index (Phi) is 7.55. The quantitative estimate of drug-likeness (QED) is 0.510. The van der Waals surface area contributed by atoms with E-state index in [-0.39, 0.29) is 5.91 Å². The molecule has 1 atom stereocenters. The summed E-state index contributed by atoms with van der Waals surface area (Å²) in [5.41, 5.74) is 1.02. The molecule has 150 valence electrons. The second-order valence-corrected chi connectivity index (χ2v) is 8.68. The fourth-order valence-corrected chi connectivity index (χ4v) is 4.26. The number of aromatic nitrogens is 2.